The molecule has 98 valence electrons. The minimum atomic E-state index is -0.919. The van der Waals surface area contributed by atoms with E-state index in [1.165, 1.54) is 11.3 Å². The van der Waals surface area contributed by atoms with Gasteiger partial charge in [0, 0.05) is 24.9 Å². The fourth-order valence-corrected chi connectivity index (χ4v) is 2.02. The molecular weight excluding hydrogens is 226 g/mol. The van der Waals surface area contributed by atoms with E-state index >= 15 is 0 Å². The highest BCUT2D eigenvalue weighted by Crippen LogP contribution is 2.22. The Bertz CT molecular complexity index is 438. The summed E-state index contributed by atoms with van der Waals surface area (Å²) in [7, 11) is 0. The topological polar surface area (TPSA) is 40.5 Å². The Kier molecular flexibility index (Phi) is 5.43. The Morgan fingerprint density at radius 2 is 2.11 bits per heavy atom. The molecule has 0 bridgehead atoms. The first-order valence-corrected chi connectivity index (χ1v) is 6.35. The summed E-state index contributed by atoms with van der Waals surface area (Å²) in [5.74, 6) is -0.919. The monoisotopic (exact) mass is 247 g/mol. The third kappa shape index (κ3) is 3.91. The maximum Gasteiger partial charge on any atom is 0.328 e. The molecule has 1 aromatic carbocycles. The smallest absolute Gasteiger partial charge is 0.328 e. The Balaban J connectivity index is 2.94. The minimum Gasteiger partial charge on any atom is -0.478 e. The number of aryl methyl sites for hydroxylation is 1. The Morgan fingerprint density at radius 3 is 2.61 bits per heavy atom. The molecule has 18 heavy (non-hydrogen) atoms. The van der Waals surface area contributed by atoms with Crippen LogP contribution >= 0.6 is 0 Å². The first-order chi connectivity index (χ1) is 8.58. The highest BCUT2D eigenvalue weighted by molar-refractivity contribution is 5.85. The van der Waals surface area contributed by atoms with Gasteiger partial charge in [-0.3, -0.25) is 0 Å². The molecule has 1 aromatic rings. The second-order valence-corrected chi connectivity index (χ2v) is 4.30. The summed E-state index contributed by atoms with van der Waals surface area (Å²) in [6, 6.07) is 6.04. The number of hydrogen-bond acceptors (Lipinski definition) is 2. The van der Waals surface area contributed by atoms with E-state index in [0.717, 1.165) is 31.1 Å². The molecule has 0 unspecified atom stereocenters. The SMILES string of the molecule is CCCN(CC)c1ccc(C=CC(=O)O)cc1C. The Labute approximate surface area is 109 Å². The van der Waals surface area contributed by atoms with Gasteiger partial charge in [-0.15, -0.1) is 0 Å². The summed E-state index contributed by atoms with van der Waals surface area (Å²) in [6.45, 7) is 8.40. The van der Waals surface area contributed by atoms with Crippen molar-refractivity contribution in [1.82, 2.24) is 0 Å². The second-order valence-electron chi connectivity index (χ2n) is 4.30. The number of anilines is 1. The number of rotatable bonds is 6. The van der Waals surface area contributed by atoms with Crippen molar-refractivity contribution in [3.63, 3.8) is 0 Å². The first kappa shape index (κ1) is 14.3. The maximum atomic E-state index is 10.5. The van der Waals surface area contributed by atoms with Crippen LogP contribution in [0.2, 0.25) is 0 Å². The van der Waals surface area contributed by atoms with Crippen LogP contribution in [0.1, 0.15) is 31.4 Å². The van der Waals surface area contributed by atoms with E-state index in [1.807, 2.05) is 12.1 Å². The standard InChI is InChI=1S/C15H21NO2/c1-4-10-16(5-2)14-8-6-13(11-12(14)3)7-9-15(17)18/h6-9,11H,4-5,10H2,1-3H3,(H,17,18). The van der Waals surface area contributed by atoms with Crippen molar-refractivity contribution in [3.8, 4) is 0 Å². The quantitative estimate of drug-likeness (QED) is 0.784. The van der Waals surface area contributed by atoms with Crippen LogP contribution < -0.4 is 4.90 Å². The van der Waals surface area contributed by atoms with Crippen LogP contribution in [-0.2, 0) is 4.79 Å². The van der Waals surface area contributed by atoms with Crippen molar-refractivity contribution in [2.75, 3.05) is 18.0 Å². The Morgan fingerprint density at radius 1 is 1.39 bits per heavy atom. The zero-order valence-corrected chi connectivity index (χ0v) is 11.3. The van der Waals surface area contributed by atoms with E-state index in [4.69, 9.17) is 5.11 Å². The van der Waals surface area contributed by atoms with E-state index in [1.54, 1.807) is 6.08 Å². The molecular formula is C15H21NO2. The normalized spacial score (nSPS) is 10.8. The maximum absolute atomic E-state index is 10.5. The van der Waals surface area contributed by atoms with Crippen molar-refractivity contribution in [2.45, 2.75) is 27.2 Å². The van der Waals surface area contributed by atoms with Gasteiger partial charge in [0.05, 0.1) is 0 Å². The van der Waals surface area contributed by atoms with Gasteiger partial charge in [-0.25, -0.2) is 4.79 Å². The van der Waals surface area contributed by atoms with Gasteiger partial charge < -0.3 is 10.0 Å². The molecule has 3 nitrogen and oxygen atoms in total. The van der Waals surface area contributed by atoms with Gasteiger partial charge in [-0.2, -0.15) is 0 Å². The fraction of sp³-hybridized carbons (Fsp3) is 0.400. The molecule has 0 radical (unpaired) electrons. The zero-order valence-electron chi connectivity index (χ0n) is 11.3. The van der Waals surface area contributed by atoms with Gasteiger partial charge in [0.15, 0.2) is 0 Å². The number of benzene rings is 1. The number of aliphatic carboxylic acids is 1. The number of carboxylic acid groups (broad SMARTS) is 1. The van der Waals surface area contributed by atoms with Gasteiger partial charge in [0.1, 0.15) is 0 Å². The van der Waals surface area contributed by atoms with Crippen LogP contribution in [0.5, 0.6) is 0 Å². The number of carbonyl (C=O) groups is 1. The predicted molar refractivity (Wildman–Crippen MR) is 76.0 cm³/mol. The molecule has 0 aliphatic rings. The van der Waals surface area contributed by atoms with Gasteiger partial charge in [0.25, 0.3) is 0 Å². The van der Waals surface area contributed by atoms with Crippen molar-refractivity contribution >= 4 is 17.7 Å². The lowest BCUT2D eigenvalue weighted by atomic mass is 10.1. The molecule has 0 atom stereocenters. The molecule has 3 heteroatoms. The lowest BCUT2D eigenvalue weighted by Crippen LogP contribution is -2.24. The van der Waals surface area contributed by atoms with Crippen molar-refractivity contribution in [2.24, 2.45) is 0 Å². The lowest BCUT2D eigenvalue weighted by Gasteiger charge is -2.24. The summed E-state index contributed by atoms with van der Waals surface area (Å²) >= 11 is 0. The molecule has 0 aliphatic carbocycles. The summed E-state index contributed by atoms with van der Waals surface area (Å²) < 4.78 is 0. The average Bonchev–Trinajstić information content (AvgIpc) is 2.34. The molecule has 0 heterocycles. The molecule has 1 rings (SSSR count). The summed E-state index contributed by atoms with van der Waals surface area (Å²) in [5, 5.41) is 8.60. The van der Waals surface area contributed by atoms with Gasteiger partial charge >= 0.3 is 5.97 Å². The van der Waals surface area contributed by atoms with Gasteiger partial charge in [0.2, 0.25) is 0 Å². The van der Waals surface area contributed by atoms with Crippen LogP contribution in [0.3, 0.4) is 0 Å². The third-order valence-corrected chi connectivity index (χ3v) is 2.86. The molecule has 0 aromatic heterocycles. The predicted octanol–water partition coefficient (Wildman–Crippen LogP) is 3.33. The number of nitrogens with zero attached hydrogens (tertiary/aromatic N) is 1. The van der Waals surface area contributed by atoms with E-state index in [9.17, 15) is 4.79 Å². The van der Waals surface area contributed by atoms with Crippen molar-refractivity contribution < 1.29 is 9.90 Å². The van der Waals surface area contributed by atoms with Crippen LogP contribution in [0.15, 0.2) is 24.3 Å². The van der Waals surface area contributed by atoms with Crippen LogP contribution in [-0.4, -0.2) is 24.2 Å². The van der Waals surface area contributed by atoms with Crippen LogP contribution in [0, 0.1) is 6.92 Å². The Hall–Kier alpha value is -1.77. The molecule has 0 fully saturated rings. The van der Waals surface area contributed by atoms with Crippen LogP contribution in [0.4, 0.5) is 5.69 Å². The highest BCUT2D eigenvalue weighted by Gasteiger charge is 2.06. The summed E-state index contributed by atoms with van der Waals surface area (Å²) in [4.78, 5) is 12.8. The van der Waals surface area contributed by atoms with Gasteiger partial charge in [-0.1, -0.05) is 13.0 Å². The minimum absolute atomic E-state index is 0.919. The summed E-state index contributed by atoms with van der Waals surface area (Å²) in [5.41, 5.74) is 3.33. The summed E-state index contributed by atoms with van der Waals surface area (Å²) in [6.07, 6.45) is 3.90. The molecule has 0 saturated heterocycles. The lowest BCUT2D eigenvalue weighted by molar-refractivity contribution is -0.131. The van der Waals surface area contributed by atoms with E-state index in [-0.39, 0.29) is 0 Å². The zero-order chi connectivity index (χ0) is 13.5. The number of carboxylic acids is 1. The second kappa shape index (κ2) is 6.84. The highest BCUT2D eigenvalue weighted by atomic mass is 16.4. The first-order valence-electron chi connectivity index (χ1n) is 6.35. The average molecular weight is 247 g/mol. The third-order valence-electron chi connectivity index (χ3n) is 2.86. The van der Waals surface area contributed by atoms with Gasteiger partial charge in [-0.05, 0) is 49.6 Å². The van der Waals surface area contributed by atoms with Crippen LogP contribution in [0.25, 0.3) is 6.08 Å². The molecule has 0 aliphatic heterocycles. The van der Waals surface area contributed by atoms with Crippen molar-refractivity contribution in [1.29, 1.82) is 0 Å². The van der Waals surface area contributed by atoms with E-state index in [0.29, 0.717) is 0 Å². The molecule has 0 saturated carbocycles. The van der Waals surface area contributed by atoms with E-state index < -0.39 is 5.97 Å². The largest absolute Gasteiger partial charge is 0.478 e. The molecule has 1 N–H and O–H groups in total. The molecule has 0 spiro atoms. The number of hydrogen-bond donors (Lipinski definition) is 1. The van der Waals surface area contributed by atoms with E-state index in [2.05, 4.69) is 31.7 Å². The molecule has 0 amide bonds. The fourth-order valence-electron chi connectivity index (χ4n) is 2.02. The van der Waals surface area contributed by atoms with Crippen molar-refractivity contribution in [3.05, 3.63) is 35.4 Å².